The maximum absolute atomic E-state index is 11.3. The third kappa shape index (κ3) is 2.56. The van der Waals surface area contributed by atoms with E-state index in [0.717, 1.165) is 0 Å². The highest BCUT2D eigenvalue weighted by atomic mass is 35.5. The highest BCUT2D eigenvalue weighted by molar-refractivity contribution is 7.51. The van der Waals surface area contributed by atoms with E-state index in [4.69, 9.17) is 17.3 Å². The summed E-state index contributed by atoms with van der Waals surface area (Å²) in [5.74, 6) is -0.0421. The van der Waals surface area contributed by atoms with Crippen LogP contribution in [-0.4, -0.2) is 57.9 Å². The maximum Gasteiger partial charge on any atom is 0.325 e. The van der Waals surface area contributed by atoms with Crippen LogP contribution in [0.5, 0.6) is 0 Å². The predicted molar refractivity (Wildman–Crippen MR) is 92.5 cm³/mol. The molecule has 2 fully saturated rings. The molecule has 0 amide bonds. The van der Waals surface area contributed by atoms with Gasteiger partial charge in [0, 0.05) is 5.41 Å². The van der Waals surface area contributed by atoms with Crippen LogP contribution < -0.4 is 5.73 Å². The van der Waals surface area contributed by atoms with E-state index in [2.05, 4.69) is 15.0 Å². The van der Waals surface area contributed by atoms with Crippen LogP contribution in [-0.2, 0) is 4.57 Å². The molecule has 6 N–H and O–H groups in total. The molecule has 2 aromatic heterocycles. The van der Waals surface area contributed by atoms with Gasteiger partial charge in [0.15, 0.2) is 11.5 Å². The largest absolute Gasteiger partial charge is 0.390 e. The number of imidazole rings is 1. The van der Waals surface area contributed by atoms with E-state index < -0.39 is 31.3 Å². The molecular weight excluding hydrogens is 385 g/mol. The number of fused-ring (bicyclic) bond motifs is 2. The SMILES string of the molecule is Nc1nc(Cl)nc2c1ncn2[C@H]1[C@H](O)[C@H](O)[C@]2(CCP(=O)(O)O)CC[C@H]12. The second-order valence-corrected chi connectivity index (χ2v) is 9.26. The molecule has 26 heavy (non-hydrogen) atoms. The van der Waals surface area contributed by atoms with E-state index in [1.165, 1.54) is 6.33 Å². The summed E-state index contributed by atoms with van der Waals surface area (Å²) in [6.07, 6.45) is 0.387. The van der Waals surface area contributed by atoms with Crippen LogP contribution >= 0.6 is 19.2 Å². The molecule has 0 bridgehead atoms. The quantitative estimate of drug-likeness (QED) is 0.356. The second-order valence-electron chi connectivity index (χ2n) is 7.14. The van der Waals surface area contributed by atoms with Crippen molar-refractivity contribution in [3.05, 3.63) is 11.6 Å². The van der Waals surface area contributed by atoms with Gasteiger partial charge in [0.25, 0.3) is 0 Å². The predicted octanol–water partition coefficient (Wildman–Crippen LogP) is 0.303. The van der Waals surface area contributed by atoms with Gasteiger partial charge in [0.2, 0.25) is 5.28 Å². The summed E-state index contributed by atoms with van der Waals surface area (Å²) < 4.78 is 12.9. The molecule has 142 valence electrons. The Hall–Kier alpha value is -1.29. The standard InChI is InChI=1S/C14H19ClN5O5P/c15-13-18-11(16)7-12(19-13)20(5-17-7)8-6-1-2-14(6,10(22)9(8)21)3-4-26(23,24)25/h5-6,8-10,21-22H,1-4H2,(H2,16,18,19)(H2,23,24,25)/t6-,8-,9+,10+,14+/m1/s1. The molecule has 0 radical (unpaired) electrons. The molecule has 0 unspecified atom stereocenters. The van der Waals surface area contributed by atoms with Gasteiger partial charge in [0.1, 0.15) is 11.6 Å². The Kier molecular flexibility index (Phi) is 4.07. The summed E-state index contributed by atoms with van der Waals surface area (Å²) in [4.78, 5) is 30.6. The first-order chi connectivity index (χ1) is 12.1. The smallest absolute Gasteiger partial charge is 0.325 e. The number of nitrogen functional groups attached to an aromatic ring is 1. The molecule has 2 aliphatic rings. The lowest BCUT2D eigenvalue weighted by molar-refractivity contribution is -0.0714. The molecular formula is C14H19ClN5O5P. The van der Waals surface area contributed by atoms with Gasteiger partial charge in [0.05, 0.1) is 24.6 Å². The molecule has 0 aromatic carbocycles. The molecule has 2 heterocycles. The molecule has 2 aliphatic carbocycles. The van der Waals surface area contributed by atoms with Gasteiger partial charge < -0.3 is 30.3 Å². The number of halogens is 1. The van der Waals surface area contributed by atoms with Crippen LogP contribution in [0.4, 0.5) is 5.82 Å². The van der Waals surface area contributed by atoms with Crippen LogP contribution in [0.15, 0.2) is 6.33 Å². The van der Waals surface area contributed by atoms with Crippen LogP contribution in [0, 0.1) is 11.3 Å². The lowest BCUT2D eigenvalue weighted by Gasteiger charge is -2.48. The van der Waals surface area contributed by atoms with Gasteiger partial charge in [-0.2, -0.15) is 9.97 Å². The zero-order valence-corrected chi connectivity index (χ0v) is 15.3. The van der Waals surface area contributed by atoms with E-state index in [1.54, 1.807) is 4.57 Å². The Morgan fingerprint density at radius 3 is 2.73 bits per heavy atom. The number of rotatable bonds is 4. The third-order valence-electron chi connectivity index (χ3n) is 5.94. The Bertz CT molecular complexity index is 919. The Morgan fingerprint density at radius 1 is 1.38 bits per heavy atom. The number of hydrogen-bond acceptors (Lipinski definition) is 7. The molecule has 4 rings (SSSR count). The van der Waals surface area contributed by atoms with Crippen LogP contribution in [0.25, 0.3) is 11.2 Å². The molecule has 10 nitrogen and oxygen atoms in total. The molecule has 2 aromatic rings. The zero-order valence-electron chi connectivity index (χ0n) is 13.6. The lowest BCUT2D eigenvalue weighted by Crippen LogP contribution is -2.46. The van der Waals surface area contributed by atoms with E-state index in [9.17, 15) is 24.6 Å². The minimum atomic E-state index is -4.20. The van der Waals surface area contributed by atoms with Crippen molar-refractivity contribution in [1.29, 1.82) is 0 Å². The van der Waals surface area contributed by atoms with Gasteiger partial charge in [-0.1, -0.05) is 0 Å². The molecule has 12 heteroatoms. The monoisotopic (exact) mass is 403 g/mol. The number of aliphatic hydroxyl groups excluding tert-OH is 2. The van der Waals surface area contributed by atoms with Crippen LogP contribution in [0.3, 0.4) is 0 Å². The normalized spacial score (nSPS) is 34.0. The van der Waals surface area contributed by atoms with Crippen molar-refractivity contribution in [2.45, 2.75) is 37.5 Å². The first-order valence-electron chi connectivity index (χ1n) is 8.20. The van der Waals surface area contributed by atoms with Crippen molar-refractivity contribution in [2.24, 2.45) is 11.3 Å². The average Bonchev–Trinajstić information content (AvgIpc) is 2.98. The molecule has 0 spiro atoms. The zero-order chi connectivity index (χ0) is 18.9. The summed E-state index contributed by atoms with van der Waals surface area (Å²) in [5, 5.41) is 21.3. The van der Waals surface area contributed by atoms with Crippen molar-refractivity contribution in [3.8, 4) is 0 Å². The minimum Gasteiger partial charge on any atom is -0.390 e. The van der Waals surface area contributed by atoms with Gasteiger partial charge in [-0.15, -0.1) is 0 Å². The second kappa shape index (κ2) is 5.85. The summed E-state index contributed by atoms with van der Waals surface area (Å²) >= 11 is 5.89. The Labute approximate surface area is 153 Å². The van der Waals surface area contributed by atoms with E-state index >= 15 is 0 Å². The molecule has 2 saturated carbocycles. The van der Waals surface area contributed by atoms with Crippen LogP contribution in [0.2, 0.25) is 5.28 Å². The van der Waals surface area contributed by atoms with E-state index in [1.807, 2.05) is 0 Å². The van der Waals surface area contributed by atoms with Crippen molar-refractivity contribution in [2.75, 3.05) is 11.9 Å². The third-order valence-corrected chi connectivity index (χ3v) is 6.92. The van der Waals surface area contributed by atoms with Gasteiger partial charge in [-0.25, -0.2) is 4.98 Å². The van der Waals surface area contributed by atoms with Crippen molar-refractivity contribution >= 4 is 36.2 Å². The van der Waals surface area contributed by atoms with Crippen LogP contribution in [0.1, 0.15) is 25.3 Å². The minimum absolute atomic E-state index is 0.0499. The molecule has 0 aliphatic heterocycles. The Balaban J connectivity index is 1.74. The van der Waals surface area contributed by atoms with Crippen molar-refractivity contribution in [3.63, 3.8) is 0 Å². The van der Waals surface area contributed by atoms with Gasteiger partial charge in [-0.3, -0.25) is 4.57 Å². The molecule has 5 atom stereocenters. The number of hydrogen-bond donors (Lipinski definition) is 5. The highest BCUT2D eigenvalue weighted by Crippen LogP contribution is 2.64. The summed E-state index contributed by atoms with van der Waals surface area (Å²) in [7, 11) is -4.20. The molecule has 0 saturated heterocycles. The first-order valence-corrected chi connectivity index (χ1v) is 10.4. The number of nitrogens with zero attached hydrogens (tertiary/aromatic N) is 4. The van der Waals surface area contributed by atoms with E-state index in [-0.39, 0.29) is 29.6 Å². The fourth-order valence-corrected chi connectivity index (χ4v) is 5.50. The van der Waals surface area contributed by atoms with Crippen molar-refractivity contribution < 1.29 is 24.6 Å². The summed E-state index contributed by atoms with van der Waals surface area (Å²) in [5.41, 5.74) is 5.79. The fourth-order valence-electron chi connectivity index (χ4n) is 4.62. The Morgan fingerprint density at radius 2 is 2.12 bits per heavy atom. The first kappa shape index (κ1) is 18.1. The maximum atomic E-state index is 11.3. The average molecular weight is 404 g/mol. The lowest BCUT2D eigenvalue weighted by atomic mass is 9.59. The number of aliphatic hydroxyl groups is 2. The van der Waals surface area contributed by atoms with Gasteiger partial charge >= 0.3 is 7.60 Å². The van der Waals surface area contributed by atoms with Gasteiger partial charge in [-0.05, 0) is 36.8 Å². The number of nitrogens with two attached hydrogens (primary N) is 1. The fraction of sp³-hybridized carbons (Fsp3) is 0.643. The summed E-state index contributed by atoms with van der Waals surface area (Å²) in [6, 6.07) is -0.536. The topological polar surface area (TPSA) is 168 Å². The summed E-state index contributed by atoms with van der Waals surface area (Å²) in [6.45, 7) is 0. The number of anilines is 1. The highest BCUT2D eigenvalue weighted by Gasteiger charge is 2.65. The number of aromatic nitrogens is 4. The van der Waals surface area contributed by atoms with Crippen molar-refractivity contribution in [1.82, 2.24) is 19.5 Å². The van der Waals surface area contributed by atoms with E-state index in [0.29, 0.717) is 24.0 Å².